The lowest BCUT2D eigenvalue weighted by Gasteiger charge is -2.35. The van der Waals surface area contributed by atoms with Crippen LogP contribution in [0.5, 0.6) is 5.75 Å². The van der Waals surface area contributed by atoms with Crippen LogP contribution >= 0.6 is 0 Å². The topological polar surface area (TPSA) is 88.2 Å². The van der Waals surface area contributed by atoms with E-state index in [4.69, 9.17) is 9.47 Å². The smallest absolute Gasteiger partial charge is 0.233 e. The number of rotatable bonds is 8. The lowest BCUT2D eigenvalue weighted by molar-refractivity contribution is -0.140. The second-order valence-electron chi connectivity index (χ2n) is 8.48. The number of fused-ring (bicyclic) bond motifs is 1. The lowest BCUT2D eigenvalue weighted by atomic mass is 9.85. The van der Waals surface area contributed by atoms with Gasteiger partial charge in [0.2, 0.25) is 17.7 Å². The molecule has 172 valence electrons. The maximum absolute atomic E-state index is 12.6. The number of amides is 3. The molecule has 0 bridgehead atoms. The van der Waals surface area contributed by atoms with E-state index in [1.165, 1.54) is 4.90 Å². The first-order valence-corrected chi connectivity index (χ1v) is 11.3. The van der Waals surface area contributed by atoms with Crippen molar-refractivity contribution in [1.82, 2.24) is 15.1 Å². The van der Waals surface area contributed by atoms with Gasteiger partial charge >= 0.3 is 0 Å². The third kappa shape index (κ3) is 4.86. The molecule has 1 aliphatic carbocycles. The van der Waals surface area contributed by atoms with E-state index < -0.39 is 0 Å². The van der Waals surface area contributed by atoms with Crippen molar-refractivity contribution < 1.29 is 23.9 Å². The molecule has 0 unspecified atom stereocenters. The Bertz CT molecular complexity index is 837. The van der Waals surface area contributed by atoms with E-state index in [9.17, 15) is 14.4 Å². The number of hydrogen-bond donors (Lipinski definition) is 1. The van der Waals surface area contributed by atoms with Crippen LogP contribution in [0.1, 0.15) is 30.9 Å². The summed E-state index contributed by atoms with van der Waals surface area (Å²) in [6.07, 6.45) is 5.27. The molecule has 8 heteroatoms. The molecule has 0 radical (unpaired) electrons. The minimum absolute atomic E-state index is 0.0118. The van der Waals surface area contributed by atoms with Crippen LogP contribution < -0.4 is 10.1 Å². The molecule has 0 spiro atoms. The molecular weight excluding hydrogens is 410 g/mol. The summed E-state index contributed by atoms with van der Waals surface area (Å²) in [6.45, 7) is 3.50. The molecule has 2 heterocycles. The van der Waals surface area contributed by atoms with Crippen LogP contribution in [0.2, 0.25) is 0 Å². The average molecular weight is 442 g/mol. The van der Waals surface area contributed by atoms with E-state index in [2.05, 4.69) is 10.2 Å². The normalized spacial score (nSPS) is 24.3. The zero-order chi connectivity index (χ0) is 22.5. The minimum atomic E-state index is -0.253. The van der Waals surface area contributed by atoms with Crippen LogP contribution in [0.3, 0.4) is 0 Å². The Labute approximate surface area is 188 Å². The second-order valence-corrected chi connectivity index (χ2v) is 8.48. The van der Waals surface area contributed by atoms with Gasteiger partial charge in [0.05, 0.1) is 38.2 Å². The number of allylic oxidation sites excluding steroid dienone is 2. The molecule has 0 saturated carbocycles. The first kappa shape index (κ1) is 22.5. The Kier molecular flexibility index (Phi) is 7.22. The van der Waals surface area contributed by atoms with Crippen molar-refractivity contribution in [3.63, 3.8) is 0 Å². The number of hydrogen-bond acceptors (Lipinski definition) is 6. The number of morpholine rings is 1. The van der Waals surface area contributed by atoms with Crippen LogP contribution in [0.25, 0.3) is 0 Å². The number of carbonyl (C=O) groups excluding carboxylic acids is 3. The molecule has 1 aromatic carbocycles. The Hall–Kier alpha value is -2.71. The number of likely N-dealkylation sites (tertiary alicyclic amines) is 1. The number of nitrogens with one attached hydrogen (secondary N) is 1. The first-order valence-electron chi connectivity index (χ1n) is 11.3. The average Bonchev–Trinajstić information content (AvgIpc) is 3.08. The molecule has 2 saturated heterocycles. The van der Waals surface area contributed by atoms with Crippen LogP contribution in [-0.4, -0.2) is 74.0 Å². The zero-order valence-electron chi connectivity index (χ0n) is 18.5. The second kappa shape index (κ2) is 10.3. The molecule has 1 N–H and O–H groups in total. The predicted octanol–water partition coefficient (Wildman–Crippen LogP) is 1.53. The Morgan fingerprint density at radius 3 is 2.31 bits per heavy atom. The highest BCUT2D eigenvalue weighted by atomic mass is 16.5. The molecule has 4 rings (SSSR count). The summed E-state index contributed by atoms with van der Waals surface area (Å²) in [5.74, 6) is -0.157. The SMILES string of the molecule is COc1ccc([C@H](CNC(=O)CCN2C(=O)[C@H]3CC=CC[C@@H]3C2=O)N2CCOCC2)cc1. The summed E-state index contributed by atoms with van der Waals surface area (Å²) in [5, 5.41) is 3.01. The summed E-state index contributed by atoms with van der Waals surface area (Å²) < 4.78 is 10.7. The van der Waals surface area contributed by atoms with Gasteiger partial charge in [-0.25, -0.2) is 0 Å². The quantitative estimate of drug-likeness (QED) is 0.486. The van der Waals surface area contributed by atoms with Crippen molar-refractivity contribution in [3.8, 4) is 5.75 Å². The van der Waals surface area contributed by atoms with Gasteiger partial charge < -0.3 is 14.8 Å². The fraction of sp³-hybridized carbons (Fsp3) is 0.542. The highest BCUT2D eigenvalue weighted by molar-refractivity contribution is 6.05. The highest BCUT2D eigenvalue weighted by Crippen LogP contribution is 2.35. The first-order chi connectivity index (χ1) is 15.6. The van der Waals surface area contributed by atoms with Gasteiger partial charge in [-0.1, -0.05) is 24.3 Å². The van der Waals surface area contributed by atoms with Crippen molar-refractivity contribution in [1.29, 1.82) is 0 Å². The maximum Gasteiger partial charge on any atom is 0.233 e. The van der Waals surface area contributed by atoms with Crippen molar-refractivity contribution in [2.75, 3.05) is 46.5 Å². The molecular formula is C24H31N3O5. The van der Waals surface area contributed by atoms with Gasteiger partial charge in [0, 0.05) is 32.6 Å². The molecule has 8 nitrogen and oxygen atoms in total. The summed E-state index contributed by atoms with van der Waals surface area (Å²) in [7, 11) is 1.63. The molecule has 3 aliphatic rings. The van der Waals surface area contributed by atoms with Gasteiger partial charge in [-0.05, 0) is 30.5 Å². The van der Waals surface area contributed by atoms with Gasteiger partial charge in [-0.3, -0.25) is 24.2 Å². The van der Waals surface area contributed by atoms with Crippen LogP contribution in [0, 0.1) is 11.8 Å². The number of imide groups is 1. The number of methoxy groups -OCH3 is 1. The van der Waals surface area contributed by atoms with Gasteiger partial charge in [0.25, 0.3) is 0 Å². The van der Waals surface area contributed by atoms with Crippen molar-refractivity contribution in [2.24, 2.45) is 11.8 Å². The Morgan fingerprint density at radius 1 is 1.09 bits per heavy atom. The Morgan fingerprint density at radius 2 is 1.72 bits per heavy atom. The van der Waals surface area contributed by atoms with Crippen LogP contribution in [0.4, 0.5) is 0 Å². The summed E-state index contributed by atoms with van der Waals surface area (Å²) in [5.41, 5.74) is 1.09. The molecule has 3 atom stereocenters. The van der Waals surface area contributed by atoms with E-state index >= 15 is 0 Å². The maximum atomic E-state index is 12.6. The van der Waals surface area contributed by atoms with E-state index in [-0.39, 0.29) is 48.6 Å². The van der Waals surface area contributed by atoms with Gasteiger partial charge in [-0.15, -0.1) is 0 Å². The summed E-state index contributed by atoms with van der Waals surface area (Å²) in [4.78, 5) is 41.4. The van der Waals surface area contributed by atoms with Crippen molar-refractivity contribution in [3.05, 3.63) is 42.0 Å². The third-order valence-electron chi connectivity index (χ3n) is 6.64. The number of benzene rings is 1. The Balaban J connectivity index is 1.33. The predicted molar refractivity (Wildman–Crippen MR) is 118 cm³/mol. The van der Waals surface area contributed by atoms with Crippen molar-refractivity contribution >= 4 is 17.7 Å². The molecule has 32 heavy (non-hydrogen) atoms. The molecule has 0 aromatic heterocycles. The lowest BCUT2D eigenvalue weighted by Crippen LogP contribution is -2.44. The van der Waals surface area contributed by atoms with Crippen molar-refractivity contribution in [2.45, 2.75) is 25.3 Å². The number of nitrogens with zero attached hydrogens (tertiary/aromatic N) is 2. The van der Waals surface area contributed by atoms with Crippen LogP contribution in [0.15, 0.2) is 36.4 Å². The monoisotopic (exact) mass is 441 g/mol. The molecule has 2 fully saturated rings. The summed E-state index contributed by atoms with van der Waals surface area (Å²) in [6, 6.07) is 7.88. The standard InChI is InChI=1S/C24H31N3O5/c1-31-18-8-6-17(7-9-18)21(26-12-14-32-15-13-26)16-25-22(28)10-11-27-23(29)19-4-2-3-5-20(19)24(27)30/h2-3,6-9,19-21H,4-5,10-16H2,1H3,(H,25,28)/t19-,20-,21-/m0/s1. The fourth-order valence-electron chi connectivity index (χ4n) is 4.77. The van der Waals surface area contributed by atoms with E-state index in [0.29, 0.717) is 32.6 Å². The van der Waals surface area contributed by atoms with Crippen LogP contribution in [-0.2, 0) is 19.1 Å². The van der Waals surface area contributed by atoms with E-state index in [0.717, 1.165) is 24.4 Å². The molecule has 2 aliphatic heterocycles. The molecule has 1 aromatic rings. The van der Waals surface area contributed by atoms with Gasteiger partial charge in [0.1, 0.15) is 5.75 Å². The third-order valence-corrected chi connectivity index (χ3v) is 6.64. The fourth-order valence-corrected chi connectivity index (χ4v) is 4.77. The highest BCUT2D eigenvalue weighted by Gasteiger charge is 2.46. The van der Waals surface area contributed by atoms with Gasteiger partial charge in [-0.2, -0.15) is 0 Å². The summed E-state index contributed by atoms with van der Waals surface area (Å²) >= 11 is 0. The van der Waals surface area contributed by atoms with E-state index in [1.807, 2.05) is 36.4 Å². The largest absolute Gasteiger partial charge is 0.497 e. The van der Waals surface area contributed by atoms with E-state index in [1.54, 1.807) is 7.11 Å². The minimum Gasteiger partial charge on any atom is -0.497 e. The number of carbonyl (C=O) groups is 3. The zero-order valence-corrected chi connectivity index (χ0v) is 18.5. The number of ether oxygens (including phenoxy) is 2. The van der Waals surface area contributed by atoms with Gasteiger partial charge in [0.15, 0.2) is 0 Å². The molecule has 3 amide bonds.